The van der Waals surface area contributed by atoms with Gasteiger partial charge in [0.1, 0.15) is 0 Å². The largest absolute Gasteiger partial charge is 0.474 e. The summed E-state index contributed by atoms with van der Waals surface area (Å²) in [5.41, 5.74) is -0.672. The lowest BCUT2D eigenvalue weighted by molar-refractivity contribution is -0.150. The summed E-state index contributed by atoms with van der Waals surface area (Å²) in [6.45, 7) is -0.269. The van der Waals surface area contributed by atoms with Crippen LogP contribution in [0.1, 0.15) is 11.1 Å². The van der Waals surface area contributed by atoms with Gasteiger partial charge in [-0.1, -0.05) is 12.1 Å². The minimum atomic E-state index is -4.47. The number of carboxylic acids is 1. The minimum Gasteiger partial charge on any atom is -0.474 e. The Balaban J connectivity index is 2.73. The van der Waals surface area contributed by atoms with Gasteiger partial charge in [0.2, 0.25) is 0 Å². The number of carbonyl (C=O) groups excluding carboxylic acids is 1. The van der Waals surface area contributed by atoms with E-state index in [-0.39, 0.29) is 12.1 Å². The van der Waals surface area contributed by atoms with Crippen molar-refractivity contribution in [1.29, 1.82) is 0 Å². The molecular weight excluding hydrogens is 239 g/mol. The highest BCUT2D eigenvalue weighted by Crippen LogP contribution is 2.29. The van der Waals surface area contributed by atoms with Gasteiger partial charge in [-0.15, -0.1) is 0 Å². The summed E-state index contributed by atoms with van der Waals surface area (Å²) in [7, 11) is 0. The zero-order valence-electron chi connectivity index (χ0n) is 8.41. The number of aliphatic carboxylic acids is 1. The molecule has 2 N–H and O–H groups in total. The Morgan fingerprint density at radius 3 is 2.47 bits per heavy atom. The lowest BCUT2D eigenvalue weighted by atomic mass is 10.1. The molecular formula is C10H8F3NO3. The number of halogens is 3. The third-order valence-electron chi connectivity index (χ3n) is 1.90. The SMILES string of the molecule is O=C(O)C(=O)NCc1cccc(C(F)(F)F)c1. The summed E-state index contributed by atoms with van der Waals surface area (Å²) in [5, 5.41) is 10.2. The van der Waals surface area contributed by atoms with E-state index in [1.54, 1.807) is 0 Å². The number of benzene rings is 1. The first-order valence-corrected chi connectivity index (χ1v) is 4.48. The number of carbonyl (C=O) groups is 2. The third kappa shape index (κ3) is 3.78. The summed E-state index contributed by atoms with van der Waals surface area (Å²) in [6, 6.07) is 4.28. The second-order valence-electron chi connectivity index (χ2n) is 3.19. The number of alkyl halides is 3. The molecule has 92 valence electrons. The van der Waals surface area contributed by atoms with Crippen molar-refractivity contribution in [3.63, 3.8) is 0 Å². The highest BCUT2D eigenvalue weighted by Gasteiger charge is 2.30. The van der Waals surface area contributed by atoms with Crippen LogP contribution in [0.15, 0.2) is 24.3 Å². The van der Waals surface area contributed by atoms with Crippen molar-refractivity contribution in [3.05, 3.63) is 35.4 Å². The molecule has 0 saturated carbocycles. The molecule has 0 radical (unpaired) electrons. The van der Waals surface area contributed by atoms with Crippen LogP contribution in [-0.4, -0.2) is 17.0 Å². The lowest BCUT2D eigenvalue weighted by Crippen LogP contribution is -2.30. The number of hydrogen-bond acceptors (Lipinski definition) is 2. The molecule has 0 fully saturated rings. The maximum Gasteiger partial charge on any atom is 0.416 e. The number of hydrogen-bond donors (Lipinski definition) is 2. The average Bonchev–Trinajstić information content (AvgIpc) is 2.25. The molecule has 0 heterocycles. The van der Waals surface area contributed by atoms with E-state index in [2.05, 4.69) is 0 Å². The van der Waals surface area contributed by atoms with Crippen LogP contribution < -0.4 is 5.32 Å². The van der Waals surface area contributed by atoms with Gasteiger partial charge in [-0.25, -0.2) is 4.79 Å². The zero-order chi connectivity index (χ0) is 13.1. The van der Waals surface area contributed by atoms with Gasteiger partial charge in [-0.3, -0.25) is 4.79 Å². The van der Waals surface area contributed by atoms with Crippen molar-refractivity contribution in [2.45, 2.75) is 12.7 Å². The average molecular weight is 247 g/mol. The molecule has 0 aliphatic carbocycles. The predicted octanol–water partition coefficient (Wildman–Crippen LogP) is 1.41. The van der Waals surface area contributed by atoms with E-state index >= 15 is 0 Å². The topological polar surface area (TPSA) is 66.4 Å². The summed E-state index contributed by atoms with van der Waals surface area (Å²) in [4.78, 5) is 20.8. The molecule has 1 rings (SSSR count). The van der Waals surface area contributed by atoms with Crippen LogP contribution in [0.25, 0.3) is 0 Å². The maximum absolute atomic E-state index is 12.3. The van der Waals surface area contributed by atoms with Crippen molar-refractivity contribution < 1.29 is 27.9 Å². The Labute approximate surface area is 94.1 Å². The van der Waals surface area contributed by atoms with Gasteiger partial charge in [0, 0.05) is 6.54 Å². The summed E-state index contributed by atoms with van der Waals surface area (Å²) in [6.07, 6.45) is -4.47. The first-order chi connectivity index (χ1) is 7.80. The van der Waals surface area contributed by atoms with E-state index in [9.17, 15) is 22.8 Å². The van der Waals surface area contributed by atoms with Gasteiger partial charge in [-0.05, 0) is 17.7 Å². The van der Waals surface area contributed by atoms with Crippen molar-refractivity contribution in [3.8, 4) is 0 Å². The number of amides is 1. The van der Waals surface area contributed by atoms with E-state index in [4.69, 9.17) is 5.11 Å². The van der Waals surface area contributed by atoms with Crippen LogP contribution in [0.4, 0.5) is 13.2 Å². The quantitative estimate of drug-likeness (QED) is 0.776. The molecule has 0 bridgehead atoms. The third-order valence-corrected chi connectivity index (χ3v) is 1.90. The molecule has 4 nitrogen and oxygen atoms in total. The van der Waals surface area contributed by atoms with Crippen LogP contribution in [0.5, 0.6) is 0 Å². The monoisotopic (exact) mass is 247 g/mol. The summed E-state index contributed by atoms with van der Waals surface area (Å²) in [5.74, 6) is -2.95. The lowest BCUT2D eigenvalue weighted by Gasteiger charge is -2.08. The van der Waals surface area contributed by atoms with Crippen LogP contribution in [0.3, 0.4) is 0 Å². The number of rotatable bonds is 2. The Hall–Kier alpha value is -2.05. The van der Waals surface area contributed by atoms with Crippen LogP contribution in [0, 0.1) is 0 Å². The fraction of sp³-hybridized carbons (Fsp3) is 0.200. The molecule has 0 aliphatic rings. The van der Waals surface area contributed by atoms with Crippen molar-refractivity contribution in [2.75, 3.05) is 0 Å². The molecule has 0 atom stereocenters. The highest BCUT2D eigenvalue weighted by molar-refractivity contribution is 6.31. The standard InChI is InChI=1S/C10H8F3NO3/c11-10(12,13)7-3-1-2-6(4-7)5-14-8(15)9(16)17/h1-4H,5H2,(H,14,15)(H,16,17). The van der Waals surface area contributed by atoms with Crippen LogP contribution in [-0.2, 0) is 22.3 Å². The van der Waals surface area contributed by atoms with Gasteiger partial charge >= 0.3 is 18.1 Å². The van der Waals surface area contributed by atoms with E-state index in [1.807, 2.05) is 5.32 Å². The first kappa shape index (κ1) is 13.0. The second kappa shape index (κ2) is 4.86. The molecule has 0 aromatic heterocycles. The molecule has 0 aliphatic heterocycles. The van der Waals surface area contributed by atoms with Gasteiger partial charge < -0.3 is 10.4 Å². The van der Waals surface area contributed by atoms with E-state index in [0.29, 0.717) is 0 Å². The predicted molar refractivity (Wildman–Crippen MR) is 50.9 cm³/mol. The molecule has 0 spiro atoms. The zero-order valence-corrected chi connectivity index (χ0v) is 8.41. The second-order valence-corrected chi connectivity index (χ2v) is 3.19. The van der Waals surface area contributed by atoms with Gasteiger partial charge in [-0.2, -0.15) is 13.2 Å². The van der Waals surface area contributed by atoms with E-state index < -0.39 is 23.6 Å². The maximum atomic E-state index is 12.3. The van der Waals surface area contributed by atoms with Gasteiger partial charge in [0.05, 0.1) is 5.56 Å². The van der Waals surface area contributed by atoms with Crippen molar-refractivity contribution >= 4 is 11.9 Å². The molecule has 1 aromatic carbocycles. The van der Waals surface area contributed by atoms with Gasteiger partial charge in [0.25, 0.3) is 0 Å². The minimum absolute atomic E-state index is 0.175. The number of nitrogens with one attached hydrogen (secondary N) is 1. The molecule has 17 heavy (non-hydrogen) atoms. The van der Waals surface area contributed by atoms with E-state index in [0.717, 1.165) is 12.1 Å². The van der Waals surface area contributed by atoms with E-state index in [1.165, 1.54) is 12.1 Å². The normalized spacial score (nSPS) is 11.0. The Morgan fingerprint density at radius 2 is 1.94 bits per heavy atom. The smallest absolute Gasteiger partial charge is 0.416 e. The molecule has 7 heteroatoms. The fourth-order valence-electron chi connectivity index (χ4n) is 1.12. The van der Waals surface area contributed by atoms with Crippen molar-refractivity contribution in [2.24, 2.45) is 0 Å². The molecule has 1 aromatic rings. The molecule has 0 unspecified atom stereocenters. The Kier molecular flexibility index (Phi) is 3.72. The summed E-state index contributed by atoms with van der Waals surface area (Å²) >= 11 is 0. The van der Waals surface area contributed by atoms with Crippen molar-refractivity contribution in [1.82, 2.24) is 5.32 Å². The first-order valence-electron chi connectivity index (χ1n) is 4.48. The van der Waals surface area contributed by atoms with Gasteiger partial charge in [0.15, 0.2) is 0 Å². The van der Waals surface area contributed by atoms with Crippen LogP contribution in [0.2, 0.25) is 0 Å². The Morgan fingerprint density at radius 1 is 1.29 bits per heavy atom. The van der Waals surface area contributed by atoms with Crippen LogP contribution >= 0.6 is 0 Å². The molecule has 0 saturated heterocycles. The molecule has 1 amide bonds. The Bertz CT molecular complexity index is 443. The summed E-state index contributed by atoms with van der Waals surface area (Å²) < 4.78 is 36.9. The number of carboxylic acid groups (broad SMARTS) is 1. The fourth-order valence-corrected chi connectivity index (χ4v) is 1.12. The highest BCUT2D eigenvalue weighted by atomic mass is 19.4.